The first-order valence-electron chi connectivity index (χ1n) is 9.73. The number of amides is 2. The highest BCUT2D eigenvalue weighted by molar-refractivity contribution is 7.17. The Morgan fingerprint density at radius 3 is 2.75 bits per heavy atom. The van der Waals surface area contributed by atoms with Crippen LogP contribution in [-0.2, 0) is 17.6 Å². The van der Waals surface area contributed by atoms with Gasteiger partial charge in [-0.3, -0.25) is 9.59 Å². The summed E-state index contributed by atoms with van der Waals surface area (Å²) in [6.07, 6.45) is 6.09. The molecule has 1 saturated heterocycles. The molecule has 1 atom stereocenters. The van der Waals surface area contributed by atoms with Crippen LogP contribution in [0.3, 0.4) is 0 Å². The lowest BCUT2D eigenvalue weighted by Gasteiger charge is -2.15. The van der Waals surface area contributed by atoms with Crippen LogP contribution in [0.15, 0.2) is 24.3 Å². The maximum absolute atomic E-state index is 13.0. The SMILES string of the molecule is O=C(Nc1sc2c(c1C(=O)NC[C@H]1CCCO1)CCCC2)c1ccccc1Cl. The first-order valence-corrected chi connectivity index (χ1v) is 10.9. The van der Waals surface area contributed by atoms with Crippen molar-refractivity contribution in [2.45, 2.75) is 44.6 Å². The van der Waals surface area contributed by atoms with Gasteiger partial charge in [-0.2, -0.15) is 0 Å². The first-order chi connectivity index (χ1) is 13.6. The molecule has 0 saturated carbocycles. The number of thiophene rings is 1. The molecule has 1 aliphatic heterocycles. The van der Waals surface area contributed by atoms with E-state index in [1.165, 1.54) is 16.2 Å². The summed E-state index contributed by atoms with van der Waals surface area (Å²) in [5.74, 6) is -0.429. The summed E-state index contributed by atoms with van der Waals surface area (Å²) < 4.78 is 5.60. The first kappa shape index (κ1) is 19.4. The number of aryl methyl sites for hydroxylation is 1. The number of hydrogen-bond acceptors (Lipinski definition) is 4. The van der Waals surface area contributed by atoms with E-state index in [4.69, 9.17) is 16.3 Å². The number of fused-ring (bicyclic) bond motifs is 1. The fourth-order valence-corrected chi connectivity index (χ4v) is 5.31. The topological polar surface area (TPSA) is 67.4 Å². The van der Waals surface area contributed by atoms with Gasteiger partial charge in [0, 0.05) is 18.0 Å². The van der Waals surface area contributed by atoms with Gasteiger partial charge in [0.2, 0.25) is 0 Å². The third-order valence-electron chi connectivity index (χ3n) is 5.26. The third-order valence-corrected chi connectivity index (χ3v) is 6.80. The second-order valence-corrected chi connectivity index (χ2v) is 8.71. The molecule has 2 N–H and O–H groups in total. The van der Waals surface area contributed by atoms with E-state index in [1.54, 1.807) is 24.3 Å². The summed E-state index contributed by atoms with van der Waals surface area (Å²) in [4.78, 5) is 26.9. The summed E-state index contributed by atoms with van der Waals surface area (Å²) in [5.41, 5.74) is 2.09. The number of anilines is 1. The molecule has 1 aromatic carbocycles. The van der Waals surface area contributed by atoms with Crippen LogP contribution in [0.5, 0.6) is 0 Å². The molecule has 0 radical (unpaired) electrons. The van der Waals surface area contributed by atoms with Crippen molar-refractivity contribution in [2.24, 2.45) is 0 Å². The molecule has 0 spiro atoms. The molecule has 2 aliphatic rings. The molecular formula is C21H23ClN2O3S. The number of carbonyl (C=O) groups is 2. The molecular weight excluding hydrogens is 396 g/mol. The van der Waals surface area contributed by atoms with Gasteiger partial charge < -0.3 is 15.4 Å². The number of hydrogen-bond donors (Lipinski definition) is 2. The van der Waals surface area contributed by atoms with Crippen LogP contribution in [0.2, 0.25) is 5.02 Å². The second kappa shape index (κ2) is 8.64. The third kappa shape index (κ3) is 4.09. The predicted octanol–water partition coefficient (Wildman–Crippen LogP) is 4.44. The van der Waals surface area contributed by atoms with Crippen LogP contribution in [0.1, 0.15) is 56.8 Å². The zero-order valence-electron chi connectivity index (χ0n) is 15.6. The largest absolute Gasteiger partial charge is 0.376 e. The summed E-state index contributed by atoms with van der Waals surface area (Å²) in [5, 5.41) is 6.95. The Bertz CT molecular complexity index is 890. The molecule has 4 rings (SSSR count). The van der Waals surface area contributed by atoms with E-state index in [-0.39, 0.29) is 17.9 Å². The molecule has 1 aliphatic carbocycles. The minimum absolute atomic E-state index is 0.0829. The number of carbonyl (C=O) groups excluding carboxylic acids is 2. The van der Waals surface area contributed by atoms with Gasteiger partial charge >= 0.3 is 0 Å². The van der Waals surface area contributed by atoms with Gasteiger partial charge in [-0.25, -0.2) is 0 Å². The van der Waals surface area contributed by atoms with Gasteiger partial charge in [0.15, 0.2) is 0 Å². The number of nitrogens with one attached hydrogen (secondary N) is 2. The highest BCUT2D eigenvalue weighted by Crippen LogP contribution is 2.38. The fraction of sp³-hybridized carbons (Fsp3) is 0.429. The minimum Gasteiger partial charge on any atom is -0.376 e. The lowest BCUT2D eigenvalue weighted by molar-refractivity contribution is 0.0858. The van der Waals surface area contributed by atoms with Crippen LogP contribution in [0.4, 0.5) is 5.00 Å². The lowest BCUT2D eigenvalue weighted by atomic mass is 9.95. The van der Waals surface area contributed by atoms with Crippen molar-refractivity contribution in [2.75, 3.05) is 18.5 Å². The molecule has 0 bridgehead atoms. The Morgan fingerprint density at radius 2 is 1.96 bits per heavy atom. The summed E-state index contributed by atoms with van der Waals surface area (Å²) in [7, 11) is 0. The van der Waals surface area contributed by atoms with E-state index < -0.39 is 0 Å². The summed E-state index contributed by atoms with van der Waals surface area (Å²) in [6, 6.07) is 6.93. The Hall–Kier alpha value is -1.89. The van der Waals surface area contributed by atoms with E-state index in [2.05, 4.69) is 10.6 Å². The van der Waals surface area contributed by atoms with Crippen molar-refractivity contribution in [1.29, 1.82) is 0 Å². The lowest BCUT2D eigenvalue weighted by Crippen LogP contribution is -2.32. The minimum atomic E-state index is -0.294. The highest BCUT2D eigenvalue weighted by atomic mass is 35.5. The standard InChI is InChI=1S/C21H23ClN2O3S/c22-16-9-3-1-7-14(16)19(25)24-21-18(15-8-2-4-10-17(15)28-21)20(26)23-12-13-6-5-11-27-13/h1,3,7,9,13H,2,4-6,8,10-12H2,(H,23,26)(H,24,25)/t13-/m1/s1. The van der Waals surface area contributed by atoms with Crippen LogP contribution >= 0.6 is 22.9 Å². The van der Waals surface area contributed by atoms with E-state index in [9.17, 15) is 9.59 Å². The molecule has 1 fully saturated rings. The monoisotopic (exact) mass is 418 g/mol. The van der Waals surface area contributed by atoms with Gasteiger partial charge in [-0.1, -0.05) is 23.7 Å². The summed E-state index contributed by atoms with van der Waals surface area (Å²) >= 11 is 7.67. The number of rotatable bonds is 5. The van der Waals surface area contributed by atoms with Gasteiger partial charge in [0.1, 0.15) is 5.00 Å². The normalized spacial score (nSPS) is 18.5. The van der Waals surface area contributed by atoms with Gasteiger partial charge in [0.05, 0.1) is 22.3 Å². The van der Waals surface area contributed by atoms with Gasteiger partial charge in [-0.05, 0) is 56.2 Å². The Kier molecular flexibility index (Phi) is 5.99. The molecule has 1 aromatic heterocycles. The van der Waals surface area contributed by atoms with Crippen LogP contribution in [0.25, 0.3) is 0 Å². The fourth-order valence-electron chi connectivity index (χ4n) is 3.81. The second-order valence-electron chi connectivity index (χ2n) is 7.19. The molecule has 7 heteroatoms. The molecule has 148 valence electrons. The van der Waals surface area contributed by atoms with Crippen molar-refractivity contribution in [3.8, 4) is 0 Å². The highest BCUT2D eigenvalue weighted by Gasteiger charge is 2.27. The van der Waals surface area contributed by atoms with Gasteiger partial charge in [0.25, 0.3) is 11.8 Å². The van der Waals surface area contributed by atoms with E-state index in [0.717, 1.165) is 50.7 Å². The van der Waals surface area contributed by atoms with Crippen molar-refractivity contribution < 1.29 is 14.3 Å². The maximum Gasteiger partial charge on any atom is 0.257 e. The Labute approximate surface area is 173 Å². The van der Waals surface area contributed by atoms with Crippen molar-refractivity contribution in [1.82, 2.24) is 5.32 Å². The molecule has 2 aromatic rings. The molecule has 5 nitrogen and oxygen atoms in total. The zero-order valence-corrected chi connectivity index (χ0v) is 17.1. The van der Waals surface area contributed by atoms with Crippen molar-refractivity contribution in [3.05, 3.63) is 50.9 Å². The quantitative estimate of drug-likeness (QED) is 0.754. The summed E-state index contributed by atoms with van der Waals surface area (Å²) in [6.45, 7) is 1.26. The number of benzene rings is 1. The van der Waals surface area contributed by atoms with Crippen molar-refractivity contribution in [3.63, 3.8) is 0 Å². The molecule has 2 heterocycles. The van der Waals surface area contributed by atoms with Crippen LogP contribution < -0.4 is 10.6 Å². The van der Waals surface area contributed by atoms with E-state index in [0.29, 0.717) is 27.7 Å². The number of ether oxygens (including phenoxy) is 1. The zero-order chi connectivity index (χ0) is 19.5. The van der Waals surface area contributed by atoms with Gasteiger partial charge in [-0.15, -0.1) is 11.3 Å². The smallest absolute Gasteiger partial charge is 0.257 e. The Morgan fingerprint density at radius 1 is 1.14 bits per heavy atom. The maximum atomic E-state index is 13.0. The van der Waals surface area contributed by atoms with Crippen molar-refractivity contribution >= 4 is 39.8 Å². The molecule has 28 heavy (non-hydrogen) atoms. The van der Waals surface area contributed by atoms with Crippen LogP contribution in [-0.4, -0.2) is 31.1 Å². The Balaban J connectivity index is 1.57. The molecule has 2 amide bonds. The average molecular weight is 419 g/mol. The van der Waals surface area contributed by atoms with E-state index in [1.807, 2.05) is 0 Å². The number of halogens is 1. The van der Waals surface area contributed by atoms with E-state index >= 15 is 0 Å². The van der Waals surface area contributed by atoms with Crippen LogP contribution in [0, 0.1) is 0 Å². The predicted molar refractivity (Wildman–Crippen MR) is 112 cm³/mol. The molecule has 0 unspecified atom stereocenters. The average Bonchev–Trinajstić information content (AvgIpc) is 3.33.